The molecule has 4 heteroatoms. The largest absolute Gasteiger partial charge is 0.322 e. The van der Waals surface area contributed by atoms with E-state index in [2.05, 4.69) is 0 Å². The highest BCUT2D eigenvalue weighted by atomic mass is 19.1. The third-order valence-corrected chi connectivity index (χ3v) is 1.51. The molecule has 70 valence electrons. The van der Waals surface area contributed by atoms with Crippen molar-refractivity contribution in [2.24, 2.45) is 5.73 Å². The van der Waals surface area contributed by atoms with Gasteiger partial charge in [0, 0.05) is 16.8 Å². The van der Waals surface area contributed by atoms with Gasteiger partial charge in [0.2, 0.25) is 5.91 Å². The number of nitrogens with zero attached hydrogens (tertiary/aromatic N) is 1. The molecule has 0 radical (unpaired) electrons. The van der Waals surface area contributed by atoms with Crippen LogP contribution in [0.4, 0.5) is 10.1 Å². The van der Waals surface area contributed by atoms with Crippen molar-refractivity contribution < 1.29 is 13.3 Å². The molecule has 0 aliphatic heterocycles. The smallest absolute Gasteiger partial charge is 0.240 e. The minimum Gasteiger partial charge on any atom is -0.322 e. The van der Waals surface area contributed by atoms with Crippen molar-refractivity contribution in [3.05, 3.63) is 30.1 Å². The number of carbonyl (C=O) groups is 1. The van der Waals surface area contributed by atoms with Gasteiger partial charge in [-0.15, -0.1) is 0 Å². The van der Waals surface area contributed by atoms with Crippen molar-refractivity contribution in [3.63, 3.8) is 0 Å². The fraction of sp³-hybridized carbons (Fsp3) is 0.222. The fourth-order valence-corrected chi connectivity index (χ4v) is 0.825. The van der Waals surface area contributed by atoms with Gasteiger partial charge in [0.15, 0.2) is 0 Å². The minimum atomic E-state index is -2.63. The van der Waals surface area contributed by atoms with E-state index in [0.717, 1.165) is 12.1 Å². The van der Waals surface area contributed by atoms with Crippen molar-refractivity contribution in [2.45, 2.75) is 0 Å². The molecule has 2 N–H and O–H groups in total. The van der Waals surface area contributed by atoms with E-state index >= 15 is 0 Å². The number of amides is 1. The van der Waals surface area contributed by atoms with E-state index in [1.54, 1.807) is 0 Å². The van der Waals surface area contributed by atoms with Crippen LogP contribution in [0.3, 0.4) is 0 Å². The molecule has 0 saturated carbocycles. The molecular formula is C9H11FN2O. The Morgan fingerprint density at radius 1 is 1.62 bits per heavy atom. The lowest BCUT2D eigenvalue weighted by Gasteiger charge is -2.15. The second-order valence-corrected chi connectivity index (χ2v) is 2.41. The first kappa shape index (κ1) is 6.10. The molecule has 1 aromatic carbocycles. The third-order valence-electron chi connectivity index (χ3n) is 1.51. The van der Waals surface area contributed by atoms with Gasteiger partial charge in [-0.05, 0) is 24.3 Å². The summed E-state index contributed by atoms with van der Waals surface area (Å²) in [7, 11) is 0. The molecule has 0 spiro atoms. The van der Waals surface area contributed by atoms with Crippen LogP contribution >= 0.6 is 0 Å². The number of hydrogen-bond acceptors (Lipinski definition) is 2. The van der Waals surface area contributed by atoms with Gasteiger partial charge in [0.05, 0.1) is 6.54 Å². The third kappa shape index (κ3) is 2.26. The molecule has 1 rings (SSSR count). The van der Waals surface area contributed by atoms with E-state index in [1.807, 2.05) is 0 Å². The van der Waals surface area contributed by atoms with Gasteiger partial charge in [-0.25, -0.2) is 4.39 Å². The molecule has 0 aliphatic rings. The highest BCUT2D eigenvalue weighted by molar-refractivity contribution is 5.94. The second-order valence-electron chi connectivity index (χ2n) is 2.41. The standard InChI is InChI=1S/C9H11FN2O/c1-12(9(13)6-11)8-4-2-7(10)3-5-8/h2-5H,6,11H2,1H3/i1D3. The van der Waals surface area contributed by atoms with Gasteiger partial charge >= 0.3 is 0 Å². The number of carbonyl (C=O) groups excluding carboxylic acids is 1. The van der Waals surface area contributed by atoms with Gasteiger partial charge in [0.1, 0.15) is 5.82 Å². The molecule has 0 fully saturated rings. The van der Waals surface area contributed by atoms with Crippen molar-refractivity contribution in [3.8, 4) is 0 Å². The maximum atomic E-state index is 12.7. The van der Waals surface area contributed by atoms with Crippen molar-refractivity contribution in [2.75, 3.05) is 18.4 Å². The van der Waals surface area contributed by atoms with Crippen LogP contribution in [0, 0.1) is 5.82 Å². The first-order chi connectivity index (χ1) is 7.36. The van der Waals surface area contributed by atoms with E-state index in [9.17, 15) is 9.18 Å². The van der Waals surface area contributed by atoms with Crippen LogP contribution in [0.1, 0.15) is 4.11 Å². The topological polar surface area (TPSA) is 46.3 Å². The number of benzene rings is 1. The van der Waals surface area contributed by atoms with Crippen LogP contribution in [0.15, 0.2) is 24.3 Å². The summed E-state index contributed by atoms with van der Waals surface area (Å²) in [5.74, 6) is -1.25. The lowest BCUT2D eigenvalue weighted by atomic mass is 10.3. The summed E-state index contributed by atoms with van der Waals surface area (Å²) < 4.78 is 34.3. The predicted octanol–water partition coefficient (Wildman–Crippen LogP) is 0.747. The number of anilines is 1. The summed E-state index contributed by atoms with van der Waals surface area (Å²) in [5, 5.41) is 0. The van der Waals surface area contributed by atoms with Crippen molar-refractivity contribution in [1.82, 2.24) is 0 Å². The molecule has 1 aromatic rings. The van der Waals surface area contributed by atoms with Crippen molar-refractivity contribution in [1.29, 1.82) is 0 Å². The van der Waals surface area contributed by atoms with Gasteiger partial charge in [0.25, 0.3) is 0 Å². The average molecular weight is 185 g/mol. The number of halogens is 1. The van der Waals surface area contributed by atoms with E-state index in [1.165, 1.54) is 12.1 Å². The summed E-state index contributed by atoms with van der Waals surface area (Å²) in [5.41, 5.74) is 5.22. The molecule has 0 atom stereocenters. The first-order valence-corrected chi connectivity index (χ1v) is 3.65. The summed E-state index contributed by atoms with van der Waals surface area (Å²) in [6.07, 6.45) is 0. The van der Waals surface area contributed by atoms with Gasteiger partial charge in [-0.3, -0.25) is 4.79 Å². The van der Waals surface area contributed by atoms with Gasteiger partial charge < -0.3 is 10.6 Å². The van der Waals surface area contributed by atoms with Crippen LogP contribution in [0.2, 0.25) is 0 Å². The Kier molecular flexibility index (Phi) is 1.88. The molecule has 0 saturated heterocycles. The SMILES string of the molecule is [2H]C([2H])([2H])N(C(=O)CN)c1ccc(F)cc1. The number of nitrogens with two attached hydrogens (primary N) is 1. The molecule has 0 bridgehead atoms. The zero-order valence-corrected chi connectivity index (χ0v) is 6.83. The summed E-state index contributed by atoms with van der Waals surface area (Å²) in [6, 6.07) is 4.60. The predicted molar refractivity (Wildman–Crippen MR) is 48.9 cm³/mol. The normalized spacial score (nSPS) is 14.2. The monoisotopic (exact) mass is 185 g/mol. The molecule has 1 amide bonds. The van der Waals surface area contributed by atoms with Gasteiger partial charge in [-0.1, -0.05) is 0 Å². The zero-order chi connectivity index (χ0) is 12.3. The Hall–Kier alpha value is -1.42. The molecule has 3 nitrogen and oxygen atoms in total. The Labute approximate surface area is 80.2 Å². The van der Waals surface area contributed by atoms with E-state index in [4.69, 9.17) is 9.85 Å². The van der Waals surface area contributed by atoms with E-state index < -0.39 is 25.2 Å². The van der Waals surface area contributed by atoms with E-state index in [-0.39, 0.29) is 5.69 Å². The molecular weight excluding hydrogens is 171 g/mol. The van der Waals surface area contributed by atoms with Crippen LogP contribution in [0.25, 0.3) is 0 Å². The van der Waals surface area contributed by atoms with E-state index in [0.29, 0.717) is 4.90 Å². The Morgan fingerprint density at radius 3 is 2.69 bits per heavy atom. The molecule has 0 aliphatic carbocycles. The fourth-order valence-electron chi connectivity index (χ4n) is 0.825. The lowest BCUT2D eigenvalue weighted by molar-refractivity contribution is -0.117. The molecule has 0 unspecified atom stereocenters. The van der Waals surface area contributed by atoms with Crippen LogP contribution in [-0.2, 0) is 4.79 Å². The number of hydrogen-bond donors (Lipinski definition) is 1. The lowest BCUT2D eigenvalue weighted by Crippen LogP contribution is -2.32. The van der Waals surface area contributed by atoms with Crippen LogP contribution in [-0.4, -0.2) is 19.4 Å². The van der Waals surface area contributed by atoms with Crippen molar-refractivity contribution >= 4 is 11.6 Å². The molecule has 0 heterocycles. The second kappa shape index (κ2) is 4.00. The summed E-state index contributed by atoms with van der Waals surface area (Å²) in [4.78, 5) is 12.0. The molecule has 0 aromatic heterocycles. The summed E-state index contributed by atoms with van der Waals surface area (Å²) in [6.45, 7) is -3.05. The highest BCUT2D eigenvalue weighted by Crippen LogP contribution is 2.12. The van der Waals surface area contributed by atoms with Gasteiger partial charge in [-0.2, -0.15) is 0 Å². The Balaban J connectivity index is 3.11. The highest BCUT2D eigenvalue weighted by Gasteiger charge is 2.07. The first-order valence-electron chi connectivity index (χ1n) is 5.15. The van der Waals surface area contributed by atoms with Crippen LogP contribution < -0.4 is 10.6 Å². The maximum Gasteiger partial charge on any atom is 0.240 e. The van der Waals surface area contributed by atoms with Crippen LogP contribution in [0.5, 0.6) is 0 Å². The Bertz CT molecular complexity index is 377. The zero-order valence-electron chi connectivity index (χ0n) is 9.83. The maximum absolute atomic E-state index is 12.7. The average Bonchev–Trinajstić information content (AvgIpc) is 2.19. The number of rotatable bonds is 2. The quantitative estimate of drug-likeness (QED) is 0.739. The summed E-state index contributed by atoms with van der Waals surface area (Å²) >= 11 is 0. The number of likely N-dealkylation sites (N-methyl/N-ethyl adjacent to an activating group) is 1. The minimum absolute atomic E-state index is 0.0943. The molecule has 13 heavy (non-hydrogen) atoms. The Morgan fingerprint density at radius 2 is 2.23 bits per heavy atom.